The van der Waals surface area contributed by atoms with Gasteiger partial charge in [-0.3, -0.25) is 9.69 Å². The fourth-order valence-corrected chi connectivity index (χ4v) is 4.40. The highest BCUT2D eigenvalue weighted by molar-refractivity contribution is 6.33. The molecule has 1 amide bonds. The molecule has 2 saturated heterocycles. The van der Waals surface area contributed by atoms with Gasteiger partial charge < -0.3 is 34.1 Å². The fourth-order valence-electron chi connectivity index (χ4n) is 4.12. The number of aliphatic hydroxyl groups is 1. The van der Waals surface area contributed by atoms with Gasteiger partial charge in [0.05, 0.1) is 50.2 Å². The van der Waals surface area contributed by atoms with Gasteiger partial charge in [0.15, 0.2) is 17.8 Å². The maximum atomic E-state index is 13.0. The number of carbonyl (C=O) groups excluding carboxylic acids is 1. The topological polar surface area (TPSA) is 98.7 Å². The van der Waals surface area contributed by atoms with Crippen LogP contribution >= 0.6 is 11.6 Å². The first-order chi connectivity index (χ1) is 15.1. The summed E-state index contributed by atoms with van der Waals surface area (Å²) in [6, 6.07) is 1.53. The quantitative estimate of drug-likeness (QED) is 0.661. The summed E-state index contributed by atoms with van der Waals surface area (Å²) in [4.78, 5) is 15.1. The minimum Gasteiger partial charge on any atom is -0.491 e. The second kappa shape index (κ2) is 10.2. The van der Waals surface area contributed by atoms with E-state index in [9.17, 15) is 9.90 Å². The number of fused-ring (bicyclic) bond motifs is 1. The van der Waals surface area contributed by atoms with E-state index in [4.69, 9.17) is 35.3 Å². The van der Waals surface area contributed by atoms with E-state index in [1.54, 1.807) is 0 Å². The Morgan fingerprint density at radius 1 is 1.26 bits per heavy atom. The molecule has 2 atom stereocenters. The van der Waals surface area contributed by atoms with Gasteiger partial charge in [-0.05, 0) is 19.0 Å². The molecule has 0 aromatic heterocycles. The maximum absolute atomic E-state index is 13.0. The Bertz CT molecular complexity index is 787. The van der Waals surface area contributed by atoms with Crippen molar-refractivity contribution in [1.29, 1.82) is 0 Å². The van der Waals surface area contributed by atoms with Gasteiger partial charge in [-0.2, -0.15) is 0 Å². The van der Waals surface area contributed by atoms with Crippen LogP contribution < -0.4 is 19.5 Å². The lowest BCUT2D eigenvalue weighted by Crippen LogP contribution is -2.49. The zero-order chi connectivity index (χ0) is 21.8. The maximum Gasteiger partial charge on any atom is 0.255 e. The van der Waals surface area contributed by atoms with Crippen molar-refractivity contribution >= 4 is 17.5 Å². The molecule has 9 nitrogen and oxygen atoms in total. The van der Waals surface area contributed by atoms with Crippen LogP contribution in [0.2, 0.25) is 5.02 Å². The first kappa shape index (κ1) is 22.4. The van der Waals surface area contributed by atoms with Crippen molar-refractivity contribution in [2.24, 2.45) is 5.92 Å². The third-order valence-corrected chi connectivity index (χ3v) is 6.08. The summed E-state index contributed by atoms with van der Waals surface area (Å²) in [5.41, 5.74) is 0.296. The molecule has 0 saturated carbocycles. The normalized spacial score (nSPS) is 24.6. The second-order valence-corrected chi connectivity index (χ2v) is 8.31. The molecule has 1 aromatic rings. The van der Waals surface area contributed by atoms with Crippen molar-refractivity contribution in [3.8, 4) is 17.2 Å². The Kier molecular flexibility index (Phi) is 7.39. The Morgan fingerprint density at radius 3 is 2.71 bits per heavy atom. The monoisotopic (exact) mass is 456 g/mol. The summed E-state index contributed by atoms with van der Waals surface area (Å²) in [6.07, 6.45) is 0.681. The standard InChI is InChI=1S/C21H29ClN2O7/c1-27-19-15(22)9-14(18-20(19)31-6-2-5-30-18)21(26)23-10-13-3-4-24(11-16(13)25)12-17-28-7-8-29-17/h9,13,16-17,25H,2-8,10-12H2,1H3,(H,23,26)/t13-,16?/m0/s1. The number of aliphatic hydroxyl groups excluding tert-OH is 1. The van der Waals surface area contributed by atoms with Gasteiger partial charge >= 0.3 is 0 Å². The van der Waals surface area contributed by atoms with Gasteiger partial charge in [-0.1, -0.05) is 11.6 Å². The SMILES string of the molecule is COc1c(Cl)cc(C(=O)NC[C@@H]2CCN(CC3OCCO3)CC2O)c2c1OCCCO2. The third kappa shape index (κ3) is 5.18. The highest BCUT2D eigenvalue weighted by atomic mass is 35.5. The predicted octanol–water partition coefficient (Wildman–Crippen LogP) is 1.30. The number of ether oxygens (including phenoxy) is 5. The van der Waals surface area contributed by atoms with Crippen molar-refractivity contribution in [3.05, 3.63) is 16.7 Å². The van der Waals surface area contributed by atoms with Crippen LogP contribution in [0.1, 0.15) is 23.2 Å². The molecule has 2 N–H and O–H groups in total. The smallest absolute Gasteiger partial charge is 0.255 e. The van der Waals surface area contributed by atoms with Crippen LogP contribution in [-0.2, 0) is 9.47 Å². The predicted molar refractivity (Wildman–Crippen MR) is 112 cm³/mol. The van der Waals surface area contributed by atoms with Crippen LogP contribution in [0.5, 0.6) is 17.2 Å². The van der Waals surface area contributed by atoms with Gasteiger partial charge in [0.1, 0.15) is 0 Å². The van der Waals surface area contributed by atoms with Crippen LogP contribution in [0.3, 0.4) is 0 Å². The van der Waals surface area contributed by atoms with E-state index < -0.39 is 6.10 Å². The van der Waals surface area contributed by atoms with E-state index in [1.807, 2.05) is 0 Å². The molecule has 3 aliphatic rings. The summed E-state index contributed by atoms with van der Waals surface area (Å²) in [7, 11) is 1.49. The molecule has 4 rings (SSSR count). The summed E-state index contributed by atoms with van der Waals surface area (Å²) < 4.78 is 27.8. The number of halogens is 1. The zero-order valence-corrected chi connectivity index (χ0v) is 18.4. The lowest BCUT2D eigenvalue weighted by molar-refractivity contribution is -0.0780. The van der Waals surface area contributed by atoms with E-state index in [0.717, 1.165) is 13.0 Å². The molecule has 2 fully saturated rings. The van der Waals surface area contributed by atoms with Crippen LogP contribution in [-0.4, -0.2) is 88.0 Å². The molecule has 3 aliphatic heterocycles. The number of likely N-dealkylation sites (tertiary alicyclic amines) is 1. The number of piperidine rings is 1. The highest BCUT2D eigenvalue weighted by Gasteiger charge is 2.31. The fraction of sp³-hybridized carbons (Fsp3) is 0.667. The van der Waals surface area contributed by atoms with Crippen molar-refractivity contribution in [2.75, 3.05) is 59.7 Å². The number of amides is 1. The Morgan fingerprint density at radius 2 is 2.00 bits per heavy atom. The minimum atomic E-state index is -0.549. The molecule has 1 aromatic carbocycles. The average molecular weight is 457 g/mol. The molecular formula is C21H29ClN2O7. The number of hydrogen-bond acceptors (Lipinski definition) is 8. The summed E-state index contributed by atoms with van der Waals surface area (Å²) >= 11 is 6.32. The lowest BCUT2D eigenvalue weighted by Gasteiger charge is -2.36. The first-order valence-electron chi connectivity index (χ1n) is 10.6. The molecule has 0 aliphatic carbocycles. The Labute approximate surface area is 186 Å². The van der Waals surface area contributed by atoms with Gasteiger partial charge in [0, 0.05) is 32.0 Å². The first-order valence-corrected chi connectivity index (χ1v) is 11.0. The summed E-state index contributed by atoms with van der Waals surface area (Å²) in [5.74, 6) is 0.669. The number of hydrogen-bond donors (Lipinski definition) is 2. The van der Waals surface area contributed by atoms with Crippen LogP contribution in [0.4, 0.5) is 0 Å². The van der Waals surface area contributed by atoms with Gasteiger partial charge in [0.2, 0.25) is 5.75 Å². The molecule has 31 heavy (non-hydrogen) atoms. The molecule has 3 heterocycles. The highest BCUT2D eigenvalue weighted by Crippen LogP contribution is 2.46. The van der Waals surface area contributed by atoms with Crippen LogP contribution in [0.25, 0.3) is 0 Å². The largest absolute Gasteiger partial charge is 0.491 e. The molecule has 0 bridgehead atoms. The number of methoxy groups -OCH3 is 1. The van der Waals surface area contributed by atoms with E-state index in [0.29, 0.717) is 75.3 Å². The number of benzene rings is 1. The number of β-amino-alcohol motifs (C(OH)–C–C–N with tert-alkyl or cyclic N) is 1. The van der Waals surface area contributed by atoms with E-state index >= 15 is 0 Å². The average Bonchev–Trinajstić information content (AvgIpc) is 3.14. The van der Waals surface area contributed by atoms with E-state index in [2.05, 4.69) is 10.2 Å². The summed E-state index contributed by atoms with van der Waals surface area (Å²) in [6.45, 7) is 4.43. The van der Waals surface area contributed by atoms with Crippen molar-refractivity contribution in [3.63, 3.8) is 0 Å². The zero-order valence-electron chi connectivity index (χ0n) is 17.6. The number of nitrogens with one attached hydrogen (secondary N) is 1. The van der Waals surface area contributed by atoms with E-state index in [1.165, 1.54) is 13.2 Å². The molecule has 0 radical (unpaired) electrons. The molecule has 172 valence electrons. The van der Waals surface area contributed by atoms with Crippen LogP contribution in [0, 0.1) is 5.92 Å². The van der Waals surface area contributed by atoms with Gasteiger partial charge in [-0.15, -0.1) is 0 Å². The summed E-state index contributed by atoms with van der Waals surface area (Å²) in [5, 5.41) is 13.8. The second-order valence-electron chi connectivity index (χ2n) is 7.90. The molecule has 1 unspecified atom stereocenters. The molecular weight excluding hydrogens is 428 g/mol. The van der Waals surface area contributed by atoms with Gasteiger partial charge in [0.25, 0.3) is 5.91 Å². The van der Waals surface area contributed by atoms with Crippen molar-refractivity contribution in [1.82, 2.24) is 10.2 Å². The van der Waals surface area contributed by atoms with Crippen LogP contribution in [0.15, 0.2) is 6.07 Å². The molecule has 10 heteroatoms. The number of nitrogens with zero attached hydrogens (tertiary/aromatic N) is 1. The van der Waals surface area contributed by atoms with Crippen molar-refractivity contribution < 1.29 is 33.6 Å². The molecule has 0 spiro atoms. The minimum absolute atomic E-state index is 0.0462. The van der Waals surface area contributed by atoms with Crippen molar-refractivity contribution in [2.45, 2.75) is 25.2 Å². The Balaban J connectivity index is 1.37. The Hall–Kier alpha value is -1.78. The lowest BCUT2D eigenvalue weighted by atomic mass is 9.93. The van der Waals surface area contributed by atoms with Gasteiger partial charge in [-0.25, -0.2) is 0 Å². The number of rotatable bonds is 6. The van der Waals surface area contributed by atoms with E-state index in [-0.39, 0.29) is 23.1 Å². The third-order valence-electron chi connectivity index (χ3n) is 5.80. The number of carbonyl (C=O) groups is 1.